The van der Waals surface area contributed by atoms with E-state index < -0.39 is 0 Å². The number of halogens is 2. The molecule has 0 aliphatic heterocycles. The van der Waals surface area contributed by atoms with Gasteiger partial charge in [0.1, 0.15) is 0 Å². The predicted octanol–water partition coefficient (Wildman–Crippen LogP) is 5.29. The predicted molar refractivity (Wildman–Crippen MR) is 84.8 cm³/mol. The summed E-state index contributed by atoms with van der Waals surface area (Å²) in [5, 5.41) is 2.33. The maximum absolute atomic E-state index is 6.04. The van der Waals surface area contributed by atoms with Crippen LogP contribution in [0.1, 0.15) is 5.56 Å². The van der Waals surface area contributed by atoms with Gasteiger partial charge in [0.25, 0.3) is 0 Å². The Morgan fingerprint density at radius 1 is 1.00 bits per heavy atom. The average molecular weight is 308 g/mol. The molecule has 96 valence electrons. The number of benzene rings is 2. The SMILES string of the molecule is Sc1cccc2c1ccn2Cc1ccc(Cl)c(Cl)c1. The van der Waals surface area contributed by atoms with Gasteiger partial charge < -0.3 is 4.57 Å². The minimum atomic E-state index is 0.584. The van der Waals surface area contributed by atoms with Gasteiger partial charge in [0.15, 0.2) is 0 Å². The fourth-order valence-corrected chi connectivity index (χ4v) is 2.78. The van der Waals surface area contributed by atoms with Crippen molar-refractivity contribution in [1.82, 2.24) is 4.57 Å². The van der Waals surface area contributed by atoms with Crippen molar-refractivity contribution in [3.05, 3.63) is 64.3 Å². The van der Waals surface area contributed by atoms with Crippen molar-refractivity contribution in [3.63, 3.8) is 0 Å². The Morgan fingerprint density at radius 2 is 1.84 bits per heavy atom. The normalized spacial score (nSPS) is 11.1. The summed E-state index contributed by atoms with van der Waals surface area (Å²) in [5.74, 6) is 0. The average Bonchev–Trinajstić information content (AvgIpc) is 2.79. The van der Waals surface area contributed by atoms with E-state index in [9.17, 15) is 0 Å². The number of rotatable bonds is 2. The molecule has 3 rings (SSSR count). The molecule has 0 saturated carbocycles. The number of fused-ring (bicyclic) bond motifs is 1. The van der Waals surface area contributed by atoms with Crippen LogP contribution in [0.25, 0.3) is 10.9 Å². The summed E-state index contributed by atoms with van der Waals surface area (Å²) in [6.45, 7) is 0.762. The zero-order valence-corrected chi connectivity index (χ0v) is 12.4. The molecule has 0 saturated heterocycles. The van der Waals surface area contributed by atoms with E-state index in [1.165, 1.54) is 5.52 Å². The van der Waals surface area contributed by atoms with Crippen LogP contribution in [-0.4, -0.2) is 4.57 Å². The molecule has 2 aromatic carbocycles. The lowest BCUT2D eigenvalue weighted by atomic mass is 10.2. The molecule has 0 aliphatic rings. The second kappa shape index (κ2) is 5.12. The first-order chi connectivity index (χ1) is 9.15. The molecule has 0 spiro atoms. The van der Waals surface area contributed by atoms with E-state index in [1.54, 1.807) is 0 Å². The largest absolute Gasteiger partial charge is 0.343 e. The third-order valence-electron chi connectivity index (χ3n) is 3.13. The maximum Gasteiger partial charge on any atom is 0.0595 e. The highest BCUT2D eigenvalue weighted by molar-refractivity contribution is 7.80. The van der Waals surface area contributed by atoms with Gasteiger partial charge in [0.05, 0.1) is 10.0 Å². The van der Waals surface area contributed by atoms with Crippen molar-refractivity contribution in [2.24, 2.45) is 0 Å². The van der Waals surface area contributed by atoms with Gasteiger partial charge in [-0.1, -0.05) is 35.3 Å². The van der Waals surface area contributed by atoms with E-state index in [2.05, 4.69) is 35.5 Å². The van der Waals surface area contributed by atoms with Crippen LogP contribution in [0.15, 0.2) is 53.6 Å². The van der Waals surface area contributed by atoms with Crippen LogP contribution in [-0.2, 0) is 6.54 Å². The Labute approximate surface area is 127 Å². The zero-order chi connectivity index (χ0) is 13.4. The summed E-state index contributed by atoms with van der Waals surface area (Å²) in [5.41, 5.74) is 2.29. The van der Waals surface area contributed by atoms with Crippen LogP contribution in [0.4, 0.5) is 0 Å². The van der Waals surface area contributed by atoms with E-state index in [0.29, 0.717) is 10.0 Å². The second-order valence-corrected chi connectivity index (χ2v) is 5.70. The quantitative estimate of drug-likeness (QED) is 0.614. The van der Waals surface area contributed by atoms with Crippen LogP contribution in [0.2, 0.25) is 10.0 Å². The molecule has 19 heavy (non-hydrogen) atoms. The fraction of sp³-hybridized carbons (Fsp3) is 0.0667. The van der Waals surface area contributed by atoms with Gasteiger partial charge in [0, 0.05) is 28.5 Å². The van der Waals surface area contributed by atoms with Crippen molar-refractivity contribution in [1.29, 1.82) is 0 Å². The Bertz CT molecular complexity index is 749. The first kappa shape index (κ1) is 12.9. The van der Waals surface area contributed by atoms with E-state index in [4.69, 9.17) is 23.2 Å². The molecule has 0 radical (unpaired) electrons. The molecule has 0 atom stereocenters. The van der Waals surface area contributed by atoms with Crippen LogP contribution < -0.4 is 0 Å². The van der Waals surface area contributed by atoms with Crippen LogP contribution in [0.5, 0.6) is 0 Å². The van der Waals surface area contributed by atoms with Crippen LogP contribution in [0.3, 0.4) is 0 Å². The topological polar surface area (TPSA) is 4.93 Å². The van der Waals surface area contributed by atoms with Gasteiger partial charge in [-0.3, -0.25) is 0 Å². The Hall–Kier alpha value is -1.09. The van der Waals surface area contributed by atoms with Gasteiger partial charge in [0.2, 0.25) is 0 Å². The fourth-order valence-electron chi connectivity index (χ4n) is 2.18. The minimum Gasteiger partial charge on any atom is -0.343 e. The van der Waals surface area contributed by atoms with Crippen molar-refractivity contribution in [2.45, 2.75) is 11.4 Å². The summed E-state index contributed by atoms with van der Waals surface area (Å²) < 4.78 is 2.18. The molecular weight excluding hydrogens is 297 g/mol. The van der Waals surface area contributed by atoms with Crippen LogP contribution >= 0.6 is 35.8 Å². The summed E-state index contributed by atoms with van der Waals surface area (Å²) in [4.78, 5) is 0.991. The van der Waals surface area contributed by atoms with Crippen LogP contribution in [0, 0.1) is 0 Å². The van der Waals surface area contributed by atoms with Crippen molar-refractivity contribution < 1.29 is 0 Å². The van der Waals surface area contributed by atoms with Gasteiger partial charge in [-0.2, -0.15) is 0 Å². The lowest BCUT2D eigenvalue weighted by molar-refractivity contribution is 0.837. The summed E-state index contributed by atoms with van der Waals surface area (Å²) in [6.07, 6.45) is 2.06. The van der Waals surface area contributed by atoms with Gasteiger partial charge in [-0.15, -0.1) is 12.6 Å². The second-order valence-electron chi connectivity index (χ2n) is 4.40. The molecule has 1 nitrogen and oxygen atoms in total. The van der Waals surface area contributed by atoms with Crippen molar-refractivity contribution in [2.75, 3.05) is 0 Å². The zero-order valence-electron chi connectivity index (χ0n) is 9.98. The Kier molecular flexibility index (Phi) is 3.48. The molecule has 4 heteroatoms. The number of thiol groups is 1. The highest BCUT2D eigenvalue weighted by atomic mass is 35.5. The van der Waals surface area contributed by atoms with Gasteiger partial charge >= 0.3 is 0 Å². The molecule has 0 fully saturated rings. The van der Waals surface area contributed by atoms with E-state index in [1.807, 2.05) is 30.3 Å². The molecule has 0 aliphatic carbocycles. The van der Waals surface area contributed by atoms with E-state index in [-0.39, 0.29) is 0 Å². The summed E-state index contributed by atoms with van der Waals surface area (Å²) >= 11 is 16.4. The molecule has 0 amide bonds. The maximum atomic E-state index is 6.04. The first-order valence-electron chi connectivity index (χ1n) is 5.86. The third kappa shape index (κ3) is 2.48. The van der Waals surface area contributed by atoms with E-state index in [0.717, 1.165) is 22.4 Å². The number of hydrogen-bond donors (Lipinski definition) is 1. The monoisotopic (exact) mass is 307 g/mol. The third-order valence-corrected chi connectivity index (χ3v) is 4.26. The van der Waals surface area contributed by atoms with Gasteiger partial charge in [-0.05, 0) is 35.9 Å². The molecule has 0 bridgehead atoms. The lowest BCUT2D eigenvalue weighted by Gasteiger charge is -2.07. The number of nitrogens with zero attached hydrogens (tertiary/aromatic N) is 1. The molecule has 3 aromatic rings. The highest BCUT2D eigenvalue weighted by Gasteiger charge is 2.05. The minimum absolute atomic E-state index is 0.584. The smallest absolute Gasteiger partial charge is 0.0595 e. The molecule has 1 aromatic heterocycles. The standard InChI is InChI=1S/C15H11Cl2NS/c16-12-5-4-10(8-13(12)17)9-18-7-6-11-14(18)2-1-3-15(11)19/h1-8,19H,9H2. The van der Waals surface area contributed by atoms with E-state index >= 15 is 0 Å². The molecular formula is C15H11Cl2NS. The van der Waals surface area contributed by atoms with Gasteiger partial charge in [-0.25, -0.2) is 0 Å². The summed E-state index contributed by atoms with van der Waals surface area (Å²) in [6, 6.07) is 13.9. The Balaban J connectivity index is 2.01. The lowest BCUT2D eigenvalue weighted by Crippen LogP contribution is -1.97. The Morgan fingerprint density at radius 3 is 2.63 bits per heavy atom. The molecule has 0 N–H and O–H groups in total. The molecule has 0 unspecified atom stereocenters. The highest BCUT2D eigenvalue weighted by Crippen LogP contribution is 2.26. The molecule has 1 heterocycles. The number of aromatic nitrogens is 1. The number of hydrogen-bond acceptors (Lipinski definition) is 1. The van der Waals surface area contributed by atoms with Crippen molar-refractivity contribution >= 4 is 46.7 Å². The van der Waals surface area contributed by atoms with Crippen molar-refractivity contribution in [3.8, 4) is 0 Å². The first-order valence-corrected chi connectivity index (χ1v) is 7.06. The summed E-state index contributed by atoms with van der Waals surface area (Å²) in [7, 11) is 0.